The highest BCUT2D eigenvalue weighted by Gasteiger charge is 2.18. The average molecular weight is 277 g/mol. The number of likely N-dealkylation sites (tertiary alicyclic amines) is 1. The Bertz CT molecular complexity index is 301. The number of nitrogens with zero attached hydrogens (tertiary/aromatic N) is 1. The smallest absolute Gasteiger partial charge is 0.0787 e. The molecule has 1 fully saturated rings. The molecule has 0 aliphatic carbocycles. The third-order valence-electron chi connectivity index (χ3n) is 3.30. The maximum Gasteiger partial charge on any atom is 0.0787 e. The number of piperidine rings is 1. The molecule has 0 amide bonds. The van der Waals surface area contributed by atoms with Gasteiger partial charge >= 0.3 is 0 Å². The molecule has 0 aromatic heterocycles. The van der Waals surface area contributed by atoms with E-state index in [9.17, 15) is 0 Å². The lowest BCUT2D eigenvalue weighted by atomic mass is 9.91. The zero-order chi connectivity index (χ0) is 15.6. The van der Waals surface area contributed by atoms with Crippen molar-refractivity contribution in [3.63, 3.8) is 0 Å². The summed E-state index contributed by atoms with van der Waals surface area (Å²) >= 11 is 0. The molecular weight excluding hydrogens is 242 g/mol. The van der Waals surface area contributed by atoms with Gasteiger partial charge in [0, 0.05) is 13.1 Å². The molecule has 0 unspecified atom stereocenters. The van der Waals surface area contributed by atoms with Crippen molar-refractivity contribution >= 4 is 0 Å². The minimum Gasteiger partial charge on any atom is -0.365 e. The van der Waals surface area contributed by atoms with Gasteiger partial charge in [-0.15, -0.1) is 5.73 Å². The molecule has 0 aromatic rings. The van der Waals surface area contributed by atoms with Crippen LogP contribution >= 0.6 is 0 Å². The zero-order valence-corrected chi connectivity index (χ0v) is 14.5. The number of allylic oxidation sites excluding steroid dienone is 1. The van der Waals surface area contributed by atoms with Gasteiger partial charge in [0.25, 0.3) is 0 Å². The van der Waals surface area contributed by atoms with Gasteiger partial charge in [0.1, 0.15) is 0 Å². The Hall–Kier alpha value is -0.940. The zero-order valence-electron chi connectivity index (χ0n) is 14.5. The molecule has 20 heavy (non-hydrogen) atoms. The third kappa shape index (κ3) is 9.92. The highest BCUT2D eigenvalue weighted by Crippen LogP contribution is 2.24. The summed E-state index contributed by atoms with van der Waals surface area (Å²) in [6.45, 7) is 20.8. The van der Waals surface area contributed by atoms with E-state index in [0.29, 0.717) is 5.41 Å². The van der Waals surface area contributed by atoms with E-state index in [-0.39, 0.29) is 0 Å². The van der Waals surface area contributed by atoms with Crippen molar-refractivity contribution in [3.05, 3.63) is 30.7 Å². The van der Waals surface area contributed by atoms with E-state index >= 15 is 0 Å². The Balaban J connectivity index is 0.000000621. The van der Waals surface area contributed by atoms with Crippen LogP contribution in [0, 0.1) is 11.3 Å². The van der Waals surface area contributed by atoms with E-state index in [2.05, 4.69) is 58.4 Å². The second-order valence-electron chi connectivity index (χ2n) is 7.34. The van der Waals surface area contributed by atoms with E-state index < -0.39 is 0 Å². The monoisotopic (exact) mass is 277 g/mol. The quantitative estimate of drug-likeness (QED) is 0.454. The molecule has 1 rings (SSSR count). The maximum atomic E-state index is 3.79. The fraction of sp³-hybridized carbons (Fsp3) is 0.737. The molecule has 1 heteroatoms. The first-order valence-electron chi connectivity index (χ1n) is 8.09. The molecule has 1 saturated heterocycles. The first-order chi connectivity index (χ1) is 9.31. The molecule has 0 atom stereocenters. The van der Waals surface area contributed by atoms with Crippen LogP contribution in [0.25, 0.3) is 0 Å². The lowest BCUT2D eigenvalue weighted by molar-refractivity contribution is 0.222. The van der Waals surface area contributed by atoms with E-state index in [0.717, 1.165) is 24.7 Å². The molecule has 0 bridgehead atoms. The molecule has 1 nitrogen and oxygen atoms in total. The average Bonchev–Trinajstić information content (AvgIpc) is 2.37. The maximum absolute atomic E-state index is 3.79. The lowest BCUT2D eigenvalue weighted by Gasteiger charge is -2.33. The van der Waals surface area contributed by atoms with Crippen molar-refractivity contribution in [2.75, 3.05) is 13.1 Å². The van der Waals surface area contributed by atoms with Crippen LogP contribution in [-0.4, -0.2) is 18.0 Å². The summed E-state index contributed by atoms with van der Waals surface area (Å²) in [6.07, 6.45) is 8.62. The summed E-state index contributed by atoms with van der Waals surface area (Å²) in [5.74, 6) is 0.942. The van der Waals surface area contributed by atoms with Crippen LogP contribution in [0.4, 0.5) is 0 Å². The van der Waals surface area contributed by atoms with Crippen LogP contribution in [0.15, 0.2) is 30.7 Å². The van der Waals surface area contributed by atoms with Gasteiger partial charge in [0.2, 0.25) is 0 Å². The second kappa shape index (κ2) is 9.88. The van der Waals surface area contributed by atoms with Gasteiger partial charge < -0.3 is 4.90 Å². The molecule has 0 radical (unpaired) electrons. The summed E-state index contributed by atoms with van der Waals surface area (Å²) in [7, 11) is 0. The first-order valence-corrected chi connectivity index (χ1v) is 8.09. The summed E-state index contributed by atoms with van der Waals surface area (Å²) in [4.78, 5) is 2.35. The lowest BCUT2D eigenvalue weighted by Crippen LogP contribution is -2.32. The minimum absolute atomic E-state index is 0.500. The molecule has 0 N–H and O–H groups in total. The van der Waals surface area contributed by atoms with Gasteiger partial charge in [-0.2, -0.15) is 0 Å². The van der Waals surface area contributed by atoms with Gasteiger partial charge in [0.05, 0.1) is 5.70 Å². The predicted octanol–water partition coefficient (Wildman–Crippen LogP) is 5.80. The van der Waals surface area contributed by atoms with E-state index in [1.807, 2.05) is 6.08 Å². The molecule has 1 aliphatic rings. The van der Waals surface area contributed by atoms with Crippen LogP contribution in [0.1, 0.15) is 66.7 Å². The van der Waals surface area contributed by atoms with Gasteiger partial charge in [-0.3, -0.25) is 0 Å². The highest BCUT2D eigenvalue weighted by atomic mass is 15.1. The molecular formula is C19H35N. The van der Waals surface area contributed by atoms with Crippen LogP contribution in [0.5, 0.6) is 0 Å². The second-order valence-corrected chi connectivity index (χ2v) is 7.34. The molecule has 0 spiro atoms. The van der Waals surface area contributed by atoms with Gasteiger partial charge in [-0.05, 0) is 30.3 Å². The minimum atomic E-state index is 0.500. The number of rotatable bonds is 5. The van der Waals surface area contributed by atoms with Gasteiger partial charge in [0.15, 0.2) is 0 Å². The van der Waals surface area contributed by atoms with Crippen molar-refractivity contribution in [1.29, 1.82) is 0 Å². The largest absolute Gasteiger partial charge is 0.365 e. The fourth-order valence-corrected chi connectivity index (χ4v) is 2.27. The van der Waals surface area contributed by atoms with Crippen molar-refractivity contribution < 1.29 is 0 Å². The van der Waals surface area contributed by atoms with E-state index in [4.69, 9.17) is 0 Å². The summed E-state index contributed by atoms with van der Waals surface area (Å²) in [5.41, 5.74) is 4.53. The van der Waals surface area contributed by atoms with Crippen molar-refractivity contribution in [1.82, 2.24) is 4.90 Å². The summed E-state index contributed by atoms with van der Waals surface area (Å²) in [6, 6.07) is 0. The van der Waals surface area contributed by atoms with Gasteiger partial charge in [-0.25, -0.2) is 0 Å². The summed E-state index contributed by atoms with van der Waals surface area (Å²) in [5, 5.41) is 0. The number of hydrogen-bond acceptors (Lipinski definition) is 1. The Labute approximate surface area is 127 Å². The Morgan fingerprint density at radius 3 is 2.10 bits per heavy atom. The number of unbranched alkanes of at least 4 members (excludes halogenated alkanes) is 1. The topological polar surface area (TPSA) is 3.24 Å². The normalized spacial score (nSPS) is 15.9. The highest BCUT2D eigenvalue weighted by molar-refractivity contribution is 5.13. The van der Waals surface area contributed by atoms with E-state index in [1.165, 1.54) is 32.1 Å². The van der Waals surface area contributed by atoms with E-state index in [1.54, 1.807) is 0 Å². The third-order valence-corrected chi connectivity index (χ3v) is 3.30. The Kier molecular flexibility index (Phi) is 9.42. The Morgan fingerprint density at radius 2 is 1.75 bits per heavy atom. The SMILES string of the molecule is C=C=C(C=C)N1CCC(CCCC)CC1.CC(C)(C)C. The van der Waals surface area contributed by atoms with Crippen molar-refractivity contribution in [2.24, 2.45) is 11.3 Å². The number of hydrogen-bond donors (Lipinski definition) is 0. The molecule has 0 saturated carbocycles. The van der Waals surface area contributed by atoms with Crippen LogP contribution < -0.4 is 0 Å². The van der Waals surface area contributed by atoms with Crippen LogP contribution in [0.3, 0.4) is 0 Å². The Morgan fingerprint density at radius 1 is 1.25 bits per heavy atom. The van der Waals surface area contributed by atoms with Crippen LogP contribution in [0.2, 0.25) is 0 Å². The standard InChI is InChI=1S/C14H23N.C5H12/c1-4-7-8-13-9-11-15(12-10-13)14(5-2)6-3;1-5(2,3)4/h5,13H,2-4,7-12H2,1H3;1-4H3. The molecule has 116 valence electrons. The molecule has 0 aromatic carbocycles. The molecule has 1 aliphatic heterocycles. The predicted molar refractivity (Wildman–Crippen MR) is 91.8 cm³/mol. The summed E-state index contributed by atoms with van der Waals surface area (Å²) < 4.78 is 0. The van der Waals surface area contributed by atoms with Crippen molar-refractivity contribution in [2.45, 2.75) is 66.7 Å². The first kappa shape index (κ1) is 19.1. The molecule has 1 heterocycles. The van der Waals surface area contributed by atoms with Crippen molar-refractivity contribution in [3.8, 4) is 0 Å². The van der Waals surface area contributed by atoms with Crippen LogP contribution in [-0.2, 0) is 0 Å². The fourth-order valence-electron chi connectivity index (χ4n) is 2.27. The van der Waals surface area contributed by atoms with Gasteiger partial charge in [-0.1, -0.05) is 67.0 Å².